The number of amides is 1. The number of fused-ring (bicyclic) bond motifs is 2. The number of benzene rings is 3. The van der Waals surface area contributed by atoms with Crippen LogP contribution in [-0.2, 0) is 0 Å². The van der Waals surface area contributed by atoms with Crippen molar-refractivity contribution >= 4 is 39.6 Å². The molecule has 0 aliphatic rings. The summed E-state index contributed by atoms with van der Waals surface area (Å²) in [5.41, 5.74) is 14.3. The second kappa shape index (κ2) is 7.50. The molecule has 0 aliphatic heterocycles. The van der Waals surface area contributed by atoms with Gasteiger partial charge in [0.05, 0.1) is 11.0 Å². The van der Waals surface area contributed by atoms with Crippen LogP contribution < -0.4 is 11.1 Å². The lowest BCUT2D eigenvalue weighted by molar-refractivity contribution is 0.102. The van der Waals surface area contributed by atoms with Gasteiger partial charge in [0, 0.05) is 11.4 Å². The summed E-state index contributed by atoms with van der Waals surface area (Å²) < 4.78 is 1.80. The van der Waals surface area contributed by atoms with Gasteiger partial charge in [-0.15, -0.1) is 0 Å². The maximum atomic E-state index is 13.4. The number of rotatable bonds is 3. The van der Waals surface area contributed by atoms with Crippen molar-refractivity contribution in [3.8, 4) is 5.69 Å². The summed E-state index contributed by atoms with van der Waals surface area (Å²) in [5, 5.41) is 2.98. The minimum atomic E-state index is -0.313. The van der Waals surface area contributed by atoms with Crippen molar-refractivity contribution < 1.29 is 4.79 Å². The Balaban J connectivity index is 1.74. The number of hydrogen-bond acceptors (Lipinski definition) is 4. The standard InChI is InChI=1S/C26H23N5O/c1-15-7-6-8-19(13-15)31-24(27)22(26(32)28-18-12-11-16(2)17(3)14-18)23-25(31)30-21-10-5-4-9-20(21)29-23/h4-14H,27H2,1-3H3,(H,28,32). The van der Waals surface area contributed by atoms with Gasteiger partial charge >= 0.3 is 0 Å². The minimum Gasteiger partial charge on any atom is -0.384 e. The molecule has 32 heavy (non-hydrogen) atoms. The first-order chi connectivity index (χ1) is 15.4. The molecular formula is C26H23N5O. The third kappa shape index (κ3) is 3.26. The Hall–Kier alpha value is -4.19. The Kier molecular flexibility index (Phi) is 4.63. The van der Waals surface area contributed by atoms with E-state index in [1.54, 1.807) is 4.57 Å². The summed E-state index contributed by atoms with van der Waals surface area (Å²) in [7, 11) is 0. The molecule has 6 nitrogen and oxygen atoms in total. The lowest BCUT2D eigenvalue weighted by Crippen LogP contribution is -2.14. The van der Waals surface area contributed by atoms with Gasteiger partial charge < -0.3 is 11.1 Å². The number of para-hydroxylation sites is 2. The Morgan fingerprint density at radius 3 is 2.34 bits per heavy atom. The number of nitrogens with one attached hydrogen (secondary N) is 1. The molecule has 0 fully saturated rings. The van der Waals surface area contributed by atoms with Crippen molar-refractivity contribution in [1.82, 2.24) is 14.5 Å². The number of carbonyl (C=O) groups is 1. The van der Waals surface area contributed by atoms with Crippen molar-refractivity contribution in [1.29, 1.82) is 0 Å². The molecule has 5 aromatic rings. The van der Waals surface area contributed by atoms with E-state index in [0.717, 1.165) is 27.9 Å². The van der Waals surface area contributed by atoms with Gasteiger partial charge in [-0.05, 0) is 73.9 Å². The molecule has 0 atom stereocenters. The number of anilines is 2. The molecule has 1 amide bonds. The average molecular weight is 422 g/mol. The zero-order valence-electron chi connectivity index (χ0n) is 18.2. The lowest BCUT2D eigenvalue weighted by Gasteiger charge is -2.09. The molecule has 0 spiro atoms. The maximum absolute atomic E-state index is 13.4. The van der Waals surface area contributed by atoms with Crippen LogP contribution in [0.25, 0.3) is 27.9 Å². The normalized spacial score (nSPS) is 11.2. The van der Waals surface area contributed by atoms with Crippen LogP contribution >= 0.6 is 0 Å². The fraction of sp³-hybridized carbons (Fsp3) is 0.115. The molecule has 2 heterocycles. The number of nitrogens with zero attached hydrogens (tertiary/aromatic N) is 3. The van der Waals surface area contributed by atoms with Gasteiger partial charge in [0.25, 0.3) is 5.91 Å². The van der Waals surface area contributed by atoms with Gasteiger partial charge in [-0.2, -0.15) is 0 Å². The number of hydrogen-bond donors (Lipinski definition) is 2. The summed E-state index contributed by atoms with van der Waals surface area (Å²) in [6, 6.07) is 21.4. The van der Waals surface area contributed by atoms with Crippen LogP contribution in [0.15, 0.2) is 66.7 Å². The molecule has 3 N–H and O–H groups in total. The summed E-state index contributed by atoms with van der Waals surface area (Å²) in [5.74, 6) is -0.00558. The van der Waals surface area contributed by atoms with Crippen LogP contribution in [0, 0.1) is 20.8 Å². The largest absolute Gasteiger partial charge is 0.384 e. The Bertz CT molecular complexity index is 1520. The number of nitrogen functional groups attached to an aromatic ring is 1. The smallest absolute Gasteiger partial charge is 0.261 e. The molecule has 0 radical (unpaired) electrons. The van der Waals surface area contributed by atoms with Gasteiger partial charge in [0.1, 0.15) is 16.9 Å². The fourth-order valence-electron chi connectivity index (χ4n) is 3.93. The zero-order valence-corrected chi connectivity index (χ0v) is 18.2. The molecule has 0 unspecified atom stereocenters. The van der Waals surface area contributed by atoms with E-state index in [-0.39, 0.29) is 5.91 Å². The van der Waals surface area contributed by atoms with Crippen LogP contribution in [0.3, 0.4) is 0 Å². The van der Waals surface area contributed by atoms with E-state index in [0.29, 0.717) is 33.7 Å². The summed E-state index contributed by atoms with van der Waals surface area (Å²) in [6.45, 7) is 6.06. The van der Waals surface area contributed by atoms with E-state index < -0.39 is 0 Å². The predicted octanol–water partition coefficient (Wildman–Crippen LogP) is 5.33. The summed E-state index contributed by atoms with van der Waals surface area (Å²) >= 11 is 0. The number of aryl methyl sites for hydroxylation is 3. The highest BCUT2D eigenvalue weighted by Crippen LogP contribution is 2.32. The molecule has 0 bridgehead atoms. The molecule has 0 saturated carbocycles. The molecule has 0 aliphatic carbocycles. The van der Waals surface area contributed by atoms with Gasteiger partial charge in [-0.3, -0.25) is 9.36 Å². The van der Waals surface area contributed by atoms with Crippen LogP contribution in [0.2, 0.25) is 0 Å². The Morgan fingerprint density at radius 1 is 0.875 bits per heavy atom. The lowest BCUT2D eigenvalue weighted by atomic mass is 10.1. The highest BCUT2D eigenvalue weighted by atomic mass is 16.1. The maximum Gasteiger partial charge on any atom is 0.261 e. The van der Waals surface area contributed by atoms with Crippen LogP contribution in [0.1, 0.15) is 27.0 Å². The third-order valence-electron chi connectivity index (χ3n) is 5.75. The SMILES string of the molecule is Cc1cccc(-n2c(N)c(C(=O)Nc3ccc(C)c(C)c3)c3nc4ccccc4nc32)c1. The third-order valence-corrected chi connectivity index (χ3v) is 5.75. The molecular weight excluding hydrogens is 398 g/mol. The second-order valence-corrected chi connectivity index (χ2v) is 8.07. The summed E-state index contributed by atoms with van der Waals surface area (Å²) in [4.78, 5) is 23.0. The molecule has 5 rings (SSSR count). The van der Waals surface area contributed by atoms with Gasteiger partial charge in [0.15, 0.2) is 5.65 Å². The van der Waals surface area contributed by atoms with E-state index in [2.05, 4.69) is 5.32 Å². The van der Waals surface area contributed by atoms with Crippen molar-refractivity contribution in [3.05, 3.63) is 89.0 Å². The van der Waals surface area contributed by atoms with Crippen molar-refractivity contribution in [3.63, 3.8) is 0 Å². The minimum absolute atomic E-state index is 0.308. The zero-order chi connectivity index (χ0) is 22.4. The molecule has 0 saturated heterocycles. The second-order valence-electron chi connectivity index (χ2n) is 8.07. The highest BCUT2D eigenvalue weighted by molar-refractivity contribution is 6.16. The first-order valence-electron chi connectivity index (χ1n) is 10.4. The Morgan fingerprint density at radius 2 is 1.62 bits per heavy atom. The first-order valence-corrected chi connectivity index (χ1v) is 10.4. The quantitative estimate of drug-likeness (QED) is 0.412. The van der Waals surface area contributed by atoms with Crippen molar-refractivity contribution in [2.75, 3.05) is 11.1 Å². The van der Waals surface area contributed by atoms with E-state index >= 15 is 0 Å². The molecule has 3 aromatic carbocycles. The number of carbonyl (C=O) groups excluding carboxylic acids is 1. The molecule has 6 heteroatoms. The first kappa shape index (κ1) is 19.8. The van der Waals surface area contributed by atoms with Gasteiger partial charge in [-0.1, -0.05) is 30.3 Å². The van der Waals surface area contributed by atoms with Crippen LogP contribution in [0.5, 0.6) is 0 Å². The predicted molar refractivity (Wildman–Crippen MR) is 129 cm³/mol. The highest BCUT2D eigenvalue weighted by Gasteiger charge is 2.25. The number of aromatic nitrogens is 3. The van der Waals surface area contributed by atoms with E-state index in [4.69, 9.17) is 15.7 Å². The molecule has 158 valence electrons. The summed E-state index contributed by atoms with van der Waals surface area (Å²) in [6.07, 6.45) is 0. The van der Waals surface area contributed by atoms with E-state index in [9.17, 15) is 4.79 Å². The molecule has 2 aromatic heterocycles. The van der Waals surface area contributed by atoms with E-state index in [1.807, 2.05) is 87.5 Å². The van der Waals surface area contributed by atoms with Gasteiger partial charge in [0.2, 0.25) is 0 Å². The van der Waals surface area contributed by atoms with Crippen molar-refractivity contribution in [2.24, 2.45) is 0 Å². The van der Waals surface area contributed by atoms with Crippen LogP contribution in [-0.4, -0.2) is 20.4 Å². The van der Waals surface area contributed by atoms with E-state index in [1.165, 1.54) is 0 Å². The average Bonchev–Trinajstić information content (AvgIpc) is 3.05. The monoisotopic (exact) mass is 421 g/mol. The fourth-order valence-corrected chi connectivity index (χ4v) is 3.93. The topological polar surface area (TPSA) is 85.8 Å². The number of nitrogens with two attached hydrogens (primary N) is 1. The van der Waals surface area contributed by atoms with Gasteiger partial charge in [-0.25, -0.2) is 9.97 Å². The Labute approximate surface area is 185 Å². The van der Waals surface area contributed by atoms with Crippen molar-refractivity contribution in [2.45, 2.75) is 20.8 Å². The van der Waals surface area contributed by atoms with Crippen LogP contribution in [0.4, 0.5) is 11.5 Å².